The Labute approximate surface area is 175 Å². The fraction of sp³-hybridized carbons (Fsp3) is 0.429. The number of aryl methyl sites for hydroxylation is 1. The van der Waals surface area contributed by atoms with E-state index in [1.165, 1.54) is 6.26 Å². The van der Waals surface area contributed by atoms with Gasteiger partial charge in [-0.3, -0.25) is 19.3 Å². The van der Waals surface area contributed by atoms with Gasteiger partial charge >= 0.3 is 0 Å². The fourth-order valence-electron chi connectivity index (χ4n) is 3.30. The highest BCUT2D eigenvalue weighted by atomic mass is 16.3. The number of hydrogen-bond acceptors (Lipinski definition) is 6. The van der Waals surface area contributed by atoms with Gasteiger partial charge in [0.2, 0.25) is 11.8 Å². The van der Waals surface area contributed by atoms with Gasteiger partial charge in [-0.05, 0) is 45.2 Å². The van der Waals surface area contributed by atoms with E-state index in [2.05, 4.69) is 10.3 Å². The number of amides is 3. The molecular weight excluding hydrogens is 386 g/mol. The van der Waals surface area contributed by atoms with E-state index >= 15 is 0 Å². The van der Waals surface area contributed by atoms with Gasteiger partial charge in [-0.25, -0.2) is 4.98 Å². The average Bonchev–Trinajstić information content (AvgIpc) is 3.27. The highest BCUT2D eigenvalue weighted by molar-refractivity contribution is 5.92. The number of likely N-dealkylation sites (N-methyl/N-ethyl adjacent to an activating group) is 1. The van der Waals surface area contributed by atoms with Gasteiger partial charge in [0.15, 0.2) is 5.76 Å². The number of carbonyl (C=O) groups excluding carboxylic acids is 3. The molecule has 0 saturated carbocycles. The van der Waals surface area contributed by atoms with E-state index < -0.39 is 6.04 Å². The minimum Gasteiger partial charge on any atom is -0.459 e. The summed E-state index contributed by atoms with van der Waals surface area (Å²) in [5, 5.41) is 2.75. The third kappa shape index (κ3) is 5.24. The average molecular weight is 413 g/mol. The molecule has 3 heterocycles. The van der Waals surface area contributed by atoms with E-state index in [1.807, 2.05) is 19.1 Å². The van der Waals surface area contributed by atoms with E-state index in [0.717, 1.165) is 5.69 Å². The lowest BCUT2D eigenvalue weighted by Gasteiger charge is -2.37. The number of rotatable bonds is 6. The van der Waals surface area contributed by atoms with Crippen LogP contribution in [0.1, 0.15) is 23.2 Å². The molecule has 2 aromatic rings. The smallest absolute Gasteiger partial charge is 0.289 e. The number of piperazine rings is 1. The monoisotopic (exact) mass is 413 g/mol. The zero-order chi connectivity index (χ0) is 21.7. The number of hydrogen-bond donors (Lipinski definition) is 1. The molecule has 0 aromatic carbocycles. The summed E-state index contributed by atoms with van der Waals surface area (Å²) in [7, 11) is 1.74. The number of nitrogens with one attached hydrogen (secondary N) is 1. The normalized spacial score (nSPS) is 15.2. The predicted octanol–water partition coefficient (Wildman–Crippen LogP) is 1.23. The summed E-state index contributed by atoms with van der Waals surface area (Å²) in [6.45, 7) is 5.49. The lowest BCUT2D eigenvalue weighted by molar-refractivity contribution is -0.137. The first-order valence-electron chi connectivity index (χ1n) is 9.90. The quantitative estimate of drug-likeness (QED) is 0.765. The zero-order valence-electron chi connectivity index (χ0n) is 17.5. The van der Waals surface area contributed by atoms with Crippen molar-refractivity contribution in [2.45, 2.75) is 19.9 Å². The molecule has 1 N–H and O–H groups in total. The molecule has 0 spiro atoms. The Morgan fingerprint density at radius 1 is 1.13 bits per heavy atom. The van der Waals surface area contributed by atoms with Crippen LogP contribution in [0, 0.1) is 6.92 Å². The summed E-state index contributed by atoms with van der Waals surface area (Å²) in [6.07, 6.45) is 1.47. The lowest BCUT2D eigenvalue weighted by Crippen LogP contribution is -2.55. The van der Waals surface area contributed by atoms with Gasteiger partial charge < -0.3 is 19.5 Å². The number of aromatic nitrogens is 1. The van der Waals surface area contributed by atoms with E-state index in [4.69, 9.17) is 4.42 Å². The minimum absolute atomic E-state index is 0.0657. The molecule has 0 bridgehead atoms. The van der Waals surface area contributed by atoms with E-state index in [1.54, 1.807) is 46.9 Å². The van der Waals surface area contributed by atoms with E-state index in [9.17, 15) is 14.4 Å². The molecule has 3 amide bonds. The van der Waals surface area contributed by atoms with Crippen LogP contribution in [0.15, 0.2) is 41.0 Å². The first-order valence-corrected chi connectivity index (χ1v) is 9.90. The van der Waals surface area contributed by atoms with Crippen LogP contribution < -0.4 is 5.32 Å². The summed E-state index contributed by atoms with van der Waals surface area (Å²) < 4.78 is 5.16. The summed E-state index contributed by atoms with van der Waals surface area (Å²) in [6, 6.07) is 8.25. The molecule has 9 nitrogen and oxygen atoms in total. The maximum atomic E-state index is 12.8. The van der Waals surface area contributed by atoms with Crippen LogP contribution in [0.25, 0.3) is 0 Å². The maximum Gasteiger partial charge on any atom is 0.289 e. The summed E-state index contributed by atoms with van der Waals surface area (Å²) in [4.78, 5) is 46.8. The molecule has 1 atom stereocenters. The largest absolute Gasteiger partial charge is 0.459 e. The molecule has 2 aromatic heterocycles. The van der Waals surface area contributed by atoms with Gasteiger partial charge in [-0.1, -0.05) is 6.07 Å². The Balaban J connectivity index is 1.48. The van der Waals surface area contributed by atoms with Crippen LogP contribution in [0.5, 0.6) is 0 Å². The molecular formula is C21H27N5O4. The summed E-state index contributed by atoms with van der Waals surface area (Å²) in [5.74, 6) is 0.327. The van der Waals surface area contributed by atoms with Gasteiger partial charge in [0.1, 0.15) is 5.82 Å². The Bertz CT molecular complexity index is 891. The Kier molecular flexibility index (Phi) is 6.83. The van der Waals surface area contributed by atoms with Crippen molar-refractivity contribution in [3.05, 3.63) is 48.0 Å². The predicted molar refractivity (Wildman–Crippen MR) is 111 cm³/mol. The Morgan fingerprint density at radius 2 is 1.83 bits per heavy atom. The SMILES string of the molecule is Cc1cccc(NC(=O)CN(C)C(C)C(=O)N2CCN(C(=O)c3ccco3)CC2)n1. The van der Waals surface area contributed by atoms with Crippen molar-refractivity contribution in [1.82, 2.24) is 19.7 Å². The molecule has 1 unspecified atom stereocenters. The van der Waals surface area contributed by atoms with Crippen LogP contribution >= 0.6 is 0 Å². The van der Waals surface area contributed by atoms with Crippen molar-refractivity contribution in [2.24, 2.45) is 0 Å². The number of nitrogens with zero attached hydrogens (tertiary/aromatic N) is 4. The molecule has 1 aliphatic rings. The van der Waals surface area contributed by atoms with Crippen molar-refractivity contribution < 1.29 is 18.8 Å². The van der Waals surface area contributed by atoms with Crippen molar-refractivity contribution in [1.29, 1.82) is 0 Å². The molecule has 0 radical (unpaired) electrons. The summed E-state index contributed by atoms with van der Waals surface area (Å²) >= 11 is 0. The van der Waals surface area contributed by atoms with Crippen molar-refractivity contribution >= 4 is 23.5 Å². The van der Waals surface area contributed by atoms with Gasteiger partial charge in [0.25, 0.3) is 5.91 Å². The second-order valence-electron chi connectivity index (χ2n) is 7.40. The van der Waals surface area contributed by atoms with Crippen molar-refractivity contribution in [3.63, 3.8) is 0 Å². The molecule has 9 heteroatoms. The number of carbonyl (C=O) groups is 3. The molecule has 30 heavy (non-hydrogen) atoms. The van der Waals surface area contributed by atoms with Crippen LogP contribution in [0.4, 0.5) is 5.82 Å². The third-order valence-electron chi connectivity index (χ3n) is 5.18. The topological polar surface area (TPSA) is 99.0 Å². The van der Waals surface area contributed by atoms with Gasteiger partial charge in [0, 0.05) is 31.9 Å². The van der Waals surface area contributed by atoms with E-state index in [0.29, 0.717) is 37.8 Å². The Hall–Kier alpha value is -3.20. The third-order valence-corrected chi connectivity index (χ3v) is 5.18. The second-order valence-corrected chi connectivity index (χ2v) is 7.40. The van der Waals surface area contributed by atoms with Crippen molar-refractivity contribution in [2.75, 3.05) is 45.1 Å². The summed E-state index contributed by atoms with van der Waals surface area (Å²) in [5.41, 5.74) is 0.814. The van der Waals surface area contributed by atoms with Crippen molar-refractivity contribution in [3.8, 4) is 0 Å². The highest BCUT2D eigenvalue weighted by Crippen LogP contribution is 2.12. The molecule has 3 rings (SSSR count). The second kappa shape index (κ2) is 9.53. The molecule has 1 fully saturated rings. The number of pyridine rings is 1. The molecule has 160 valence electrons. The van der Waals surface area contributed by atoms with Gasteiger partial charge in [0.05, 0.1) is 18.8 Å². The first kappa shape index (κ1) is 21.5. The fourth-order valence-corrected chi connectivity index (χ4v) is 3.30. The zero-order valence-corrected chi connectivity index (χ0v) is 17.5. The van der Waals surface area contributed by atoms with Crippen LogP contribution in [0.3, 0.4) is 0 Å². The molecule has 1 saturated heterocycles. The molecule has 0 aliphatic carbocycles. The Morgan fingerprint density at radius 3 is 2.47 bits per heavy atom. The van der Waals surface area contributed by atoms with Gasteiger partial charge in [-0.2, -0.15) is 0 Å². The highest BCUT2D eigenvalue weighted by Gasteiger charge is 2.30. The van der Waals surface area contributed by atoms with Crippen LogP contribution in [0.2, 0.25) is 0 Å². The maximum absolute atomic E-state index is 12.8. The number of furan rings is 1. The molecule has 1 aliphatic heterocycles. The standard InChI is InChI=1S/C21H27N5O4/c1-15-6-4-8-18(22-15)23-19(27)14-24(3)16(2)20(28)25-9-11-26(12-10-25)21(29)17-7-5-13-30-17/h4-8,13,16H,9-12,14H2,1-3H3,(H,22,23,27). The van der Waals surface area contributed by atoms with Gasteiger partial charge in [-0.15, -0.1) is 0 Å². The first-order chi connectivity index (χ1) is 14.3. The van der Waals surface area contributed by atoms with E-state index in [-0.39, 0.29) is 24.3 Å². The lowest BCUT2D eigenvalue weighted by atomic mass is 10.2. The number of anilines is 1. The van der Waals surface area contributed by atoms with Crippen LogP contribution in [-0.2, 0) is 9.59 Å². The minimum atomic E-state index is -0.464. The van der Waals surface area contributed by atoms with Crippen LogP contribution in [-0.4, -0.2) is 83.2 Å².